The molecule has 1 aliphatic rings. The molecular weight excluding hydrogens is 360 g/mol. The number of fused-ring (bicyclic) bond motifs is 3. The molecule has 0 bridgehead atoms. The molecule has 0 spiro atoms. The van der Waals surface area contributed by atoms with E-state index in [-0.39, 0.29) is 5.76 Å². The zero-order valence-corrected chi connectivity index (χ0v) is 15.8. The van der Waals surface area contributed by atoms with Crippen molar-refractivity contribution in [2.24, 2.45) is 0 Å². The fourth-order valence-electron chi connectivity index (χ4n) is 3.63. The van der Waals surface area contributed by atoms with E-state index in [0.29, 0.717) is 28.9 Å². The fourth-order valence-corrected chi connectivity index (χ4v) is 3.63. The molecule has 7 nitrogen and oxygen atoms in total. The Hall–Kier alpha value is -2.82. The molecule has 1 aromatic carbocycles. The lowest BCUT2D eigenvalue weighted by molar-refractivity contribution is 0.0323. The molecule has 1 fully saturated rings. The van der Waals surface area contributed by atoms with Crippen molar-refractivity contribution < 1.29 is 18.3 Å². The summed E-state index contributed by atoms with van der Waals surface area (Å²) in [6.07, 6.45) is 1.62. The topological polar surface area (TPSA) is 88.8 Å². The molecule has 1 saturated heterocycles. The van der Waals surface area contributed by atoms with Gasteiger partial charge in [0.15, 0.2) is 5.58 Å². The average molecular weight is 382 g/mol. The average Bonchev–Trinajstić information content (AvgIpc) is 3.12. The number of hydrogen-bond donors (Lipinski definition) is 0. The van der Waals surface area contributed by atoms with Crippen LogP contribution in [0.5, 0.6) is 5.75 Å². The first-order chi connectivity index (χ1) is 13.7. The lowest BCUT2D eigenvalue weighted by atomic mass is 10.0. The van der Waals surface area contributed by atoms with Gasteiger partial charge in [0.1, 0.15) is 24.0 Å². The molecule has 0 radical (unpaired) electrons. The van der Waals surface area contributed by atoms with Crippen LogP contribution in [-0.4, -0.2) is 44.4 Å². The molecule has 146 valence electrons. The van der Waals surface area contributed by atoms with Crippen molar-refractivity contribution in [3.8, 4) is 11.8 Å². The van der Waals surface area contributed by atoms with Crippen LogP contribution in [0.25, 0.3) is 21.9 Å². The second-order valence-electron chi connectivity index (χ2n) is 6.86. The van der Waals surface area contributed by atoms with E-state index in [1.807, 2.05) is 6.07 Å². The third kappa shape index (κ3) is 3.61. The molecule has 0 aliphatic carbocycles. The van der Waals surface area contributed by atoms with Gasteiger partial charge >= 0.3 is 5.63 Å². The summed E-state index contributed by atoms with van der Waals surface area (Å²) in [7, 11) is 0. The zero-order chi connectivity index (χ0) is 19.5. The van der Waals surface area contributed by atoms with Crippen LogP contribution >= 0.6 is 0 Å². The highest BCUT2D eigenvalue weighted by Crippen LogP contribution is 2.37. The van der Waals surface area contributed by atoms with E-state index in [9.17, 15) is 10.1 Å². The number of rotatable bonds is 6. The Balaban J connectivity index is 1.76. The van der Waals surface area contributed by atoms with Gasteiger partial charge < -0.3 is 18.3 Å². The van der Waals surface area contributed by atoms with E-state index in [2.05, 4.69) is 11.8 Å². The van der Waals surface area contributed by atoms with Crippen molar-refractivity contribution in [2.45, 2.75) is 19.8 Å². The van der Waals surface area contributed by atoms with E-state index in [4.69, 9.17) is 18.3 Å². The van der Waals surface area contributed by atoms with E-state index in [1.54, 1.807) is 12.1 Å². The maximum Gasteiger partial charge on any atom is 0.336 e. The predicted octanol–water partition coefficient (Wildman–Crippen LogP) is 3.07. The fraction of sp³-hybridized carbons (Fsp3) is 0.429. The second kappa shape index (κ2) is 8.05. The van der Waals surface area contributed by atoms with Gasteiger partial charge in [0.05, 0.1) is 24.0 Å². The molecule has 0 amide bonds. The van der Waals surface area contributed by atoms with Crippen LogP contribution in [0.15, 0.2) is 31.8 Å². The van der Waals surface area contributed by atoms with Crippen LogP contribution in [-0.2, 0) is 11.2 Å². The number of benzene rings is 1. The van der Waals surface area contributed by atoms with Gasteiger partial charge in [-0.15, -0.1) is 0 Å². The van der Waals surface area contributed by atoms with Gasteiger partial charge in [-0.1, -0.05) is 13.3 Å². The van der Waals surface area contributed by atoms with Gasteiger partial charge in [-0.05, 0) is 12.0 Å². The summed E-state index contributed by atoms with van der Waals surface area (Å²) >= 11 is 0. The SMILES string of the molecule is CCCc1cc(=O)oc2c1c(OCCN1CCOCC1)cc1oc(C#N)cc12. The Kier molecular flexibility index (Phi) is 5.33. The molecule has 1 aliphatic heterocycles. The highest BCUT2D eigenvalue weighted by Gasteiger charge is 2.19. The third-order valence-corrected chi connectivity index (χ3v) is 4.96. The lowest BCUT2D eigenvalue weighted by Crippen LogP contribution is -2.38. The second-order valence-corrected chi connectivity index (χ2v) is 6.86. The van der Waals surface area contributed by atoms with Crippen LogP contribution in [0.1, 0.15) is 24.7 Å². The van der Waals surface area contributed by atoms with Crippen LogP contribution in [0.4, 0.5) is 0 Å². The molecule has 3 aromatic rings. The first kappa shape index (κ1) is 18.5. The maximum absolute atomic E-state index is 12.1. The minimum atomic E-state index is -0.414. The van der Waals surface area contributed by atoms with Crippen LogP contribution in [0.3, 0.4) is 0 Å². The van der Waals surface area contributed by atoms with E-state index < -0.39 is 5.63 Å². The quantitative estimate of drug-likeness (QED) is 0.605. The van der Waals surface area contributed by atoms with Crippen LogP contribution < -0.4 is 10.4 Å². The van der Waals surface area contributed by atoms with Crippen LogP contribution in [0.2, 0.25) is 0 Å². The van der Waals surface area contributed by atoms with Crippen LogP contribution in [0, 0.1) is 11.3 Å². The Morgan fingerprint density at radius 1 is 1.21 bits per heavy atom. The van der Waals surface area contributed by atoms with Gasteiger partial charge in [-0.25, -0.2) is 4.79 Å². The van der Waals surface area contributed by atoms with Crippen molar-refractivity contribution in [3.63, 3.8) is 0 Å². The molecule has 3 heterocycles. The monoisotopic (exact) mass is 382 g/mol. The Morgan fingerprint density at radius 3 is 2.79 bits per heavy atom. The normalized spacial score (nSPS) is 15.1. The summed E-state index contributed by atoms with van der Waals surface area (Å²) in [6.45, 7) is 6.60. The highest BCUT2D eigenvalue weighted by atomic mass is 16.5. The standard InChI is InChI=1S/C21H22N2O5/c1-2-3-14-10-19(24)28-21-16-11-15(13-22)27-17(16)12-18(20(14)21)26-9-6-23-4-7-25-8-5-23/h10-12H,2-9H2,1H3. The maximum atomic E-state index is 12.1. The highest BCUT2D eigenvalue weighted by molar-refractivity contribution is 6.06. The molecule has 0 atom stereocenters. The molecule has 0 unspecified atom stereocenters. The number of nitrogens with zero attached hydrogens (tertiary/aromatic N) is 2. The summed E-state index contributed by atoms with van der Waals surface area (Å²) in [5, 5.41) is 10.6. The first-order valence-corrected chi connectivity index (χ1v) is 9.56. The largest absolute Gasteiger partial charge is 0.491 e. The number of furan rings is 1. The van der Waals surface area contributed by atoms with Gasteiger partial charge in [-0.3, -0.25) is 4.90 Å². The lowest BCUT2D eigenvalue weighted by Gasteiger charge is -2.26. The summed E-state index contributed by atoms with van der Waals surface area (Å²) in [5.74, 6) is 0.784. The summed E-state index contributed by atoms with van der Waals surface area (Å²) in [5.41, 5.74) is 1.36. The van der Waals surface area contributed by atoms with Crippen molar-refractivity contribution in [1.82, 2.24) is 4.90 Å². The van der Waals surface area contributed by atoms with Crippen molar-refractivity contribution >= 4 is 21.9 Å². The third-order valence-electron chi connectivity index (χ3n) is 4.96. The van der Waals surface area contributed by atoms with Crippen molar-refractivity contribution in [1.29, 1.82) is 5.26 Å². The summed E-state index contributed by atoms with van der Waals surface area (Å²) in [4.78, 5) is 14.4. The number of morpholine rings is 1. The minimum absolute atomic E-state index is 0.172. The number of ether oxygens (including phenoxy) is 2. The summed E-state index contributed by atoms with van der Waals surface area (Å²) in [6, 6.07) is 6.91. The number of hydrogen-bond acceptors (Lipinski definition) is 7. The number of aryl methyl sites for hydroxylation is 1. The molecule has 4 rings (SSSR count). The Morgan fingerprint density at radius 2 is 2.04 bits per heavy atom. The van der Waals surface area contributed by atoms with E-state index >= 15 is 0 Å². The number of nitriles is 1. The van der Waals surface area contributed by atoms with Gasteiger partial charge in [0.25, 0.3) is 0 Å². The predicted molar refractivity (Wildman–Crippen MR) is 104 cm³/mol. The van der Waals surface area contributed by atoms with Crippen molar-refractivity contribution in [3.05, 3.63) is 39.9 Å². The van der Waals surface area contributed by atoms with E-state index in [0.717, 1.165) is 56.6 Å². The molecule has 0 N–H and O–H groups in total. The molecular formula is C21H22N2O5. The first-order valence-electron chi connectivity index (χ1n) is 9.56. The zero-order valence-electron chi connectivity index (χ0n) is 15.8. The van der Waals surface area contributed by atoms with Gasteiger partial charge in [0.2, 0.25) is 5.76 Å². The smallest absolute Gasteiger partial charge is 0.336 e. The Labute approximate surface area is 162 Å². The molecule has 2 aromatic heterocycles. The summed E-state index contributed by atoms with van der Waals surface area (Å²) < 4.78 is 22.6. The minimum Gasteiger partial charge on any atom is -0.491 e. The van der Waals surface area contributed by atoms with E-state index in [1.165, 1.54) is 6.07 Å². The molecule has 0 saturated carbocycles. The molecule has 28 heavy (non-hydrogen) atoms. The van der Waals surface area contributed by atoms with Crippen molar-refractivity contribution in [2.75, 3.05) is 39.5 Å². The Bertz CT molecular complexity index is 1090. The molecule has 7 heteroatoms. The van der Waals surface area contributed by atoms with Gasteiger partial charge in [0, 0.05) is 37.8 Å². The van der Waals surface area contributed by atoms with Gasteiger partial charge in [-0.2, -0.15) is 5.26 Å².